The molecule has 0 unspecified atom stereocenters. The number of Topliss-reactive ketones (excluding diaryl/α,β-unsaturated/α-hetero) is 1. The first-order chi connectivity index (χ1) is 9.56. The molecule has 112 valence electrons. The quantitative estimate of drug-likeness (QED) is 0.705. The van der Waals surface area contributed by atoms with Crippen LogP contribution in [0.15, 0.2) is 18.2 Å². The minimum Gasteiger partial charge on any atom is -0.395 e. The Labute approximate surface area is 122 Å². The van der Waals surface area contributed by atoms with Crippen molar-refractivity contribution in [2.75, 3.05) is 26.2 Å². The summed E-state index contributed by atoms with van der Waals surface area (Å²) in [5.41, 5.74) is 3.07. The van der Waals surface area contributed by atoms with Crippen molar-refractivity contribution in [2.45, 2.75) is 40.0 Å². The Kier molecular flexibility index (Phi) is 7.48. The highest BCUT2D eigenvalue weighted by atomic mass is 16.3. The van der Waals surface area contributed by atoms with Gasteiger partial charge in [0.05, 0.1) is 6.61 Å². The van der Waals surface area contributed by atoms with Crippen molar-refractivity contribution in [2.24, 2.45) is 0 Å². The Bertz CT molecular complexity index is 409. The lowest BCUT2D eigenvalue weighted by Crippen LogP contribution is -2.30. The third-order valence-corrected chi connectivity index (χ3v) is 3.44. The summed E-state index contributed by atoms with van der Waals surface area (Å²) in [7, 11) is 0. The number of carbonyl (C=O) groups excluding carboxylic acids is 1. The van der Waals surface area contributed by atoms with Crippen LogP contribution in [-0.2, 0) is 0 Å². The molecule has 0 aliphatic rings. The van der Waals surface area contributed by atoms with Gasteiger partial charge in [0, 0.05) is 25.1 Å². The predicted octanol–water partition coefficient (Wildman–Crippen LogP) is 2.97. The molecule has 0 amide bonds. The molecule has 1 rings (SSSR count). The highest BCUT2D eigenvalue weighted by Gasteiger charge is 2.10. The van der Waals surface area contributed by atoms with E-state index in [0.29, 0.717) is 13.0 Å². The first-order valence-corrected chi connectivity index (χ1v) is 7.51. The zero-order valence-electron chi connectivity index (χ0n) is 13.0. The van der Waals surface area contributed by atoms with Crippen LogP contribution in [-0.4, -0.2) is 42.0 Å². The molecule has 0 saturated carbocycles. The van der Waals surface area contributed by atoms with Crippen molar-refractivity contribution >= 4 is 5.78 Å². The summed E-state index contributed by atoms with van der Waals surface area (Å²) in [6, 6.07) is 5.99. The van der Waals surface area contributed by atoms with E-state index in [9.17, 15) is 4.79 Å². The van der Waals surface area contributed by atoms with Gasteiger partial charge in [-0.25, -0.2) is 0 Å². The fourth-order valence-corrected chi connectivity index (χ4v) is 2.40. The molecule has 0 heterocycles. The van der Waals surface area contributed by atoms with Crippen molar-refractivity contribution in [1.29, 1.82) is 0 Å². The van der Waals surface area contributed by atoms with E-state index in [2.05, 4.69) is 17.9 Å². The number of benzene rings is 1. The molecule has 0 saturated heterocycles. The average Bonchev–Trinajstić information content (AvgIpc) is 2.40. The average molecular weight is 277 g/mol. The van der Waals surface area contributed by atoms with E-state index < -0.39 is 0 Å². The van der Waals surface area contributed by atoms with Gasteiger partial charge in [-0.05, 0) is 38.9 Å². The molecule has 3 heteroatoms. The summed E-state index contributed by atoms with van der Waals surface area (Å²) in [6.07, 6.45) is 2.76. The SMILES string of the molecule is CCCCN(CCO)CCC(=O)c1cc(C)cc(C)c1. The number of hydrogen-bond donors (Lipinski definition) is 1. The van der Waals surface area contributed by atoms with Crippen LogP contribution in [0.3, 0.4) is 0 Å². The zero-order chi connectivity index (χ0) is 15.0. The number of nitrogens with zero attached hydrogens (tertiary/aromatic N) is 1. The smallest absolute Gasteiger partial charge is 0.164 e. The highest BCUT2D eigenvalue weighted by molar-refractivity contribution is 5.96. The van der Waals surface area contributed by atoms with Crippen molar-refractivity contribution < 1.29 is 9.90 Å². The molecule has 0 spiro atoms. The summed E-state index contributed by atoms with van der Waals surface area (Å²) in [5.74, 6) is 0.191. The van der Waals surface area contributed by atoms with Crippen LogP contribution < -0.4 is 0 Å². The maximum atomic E-state index is 12.2. The molecule has 1 N–H and O–H groups in total. The van der Waals surface area contributed by atoms with Crippen LogP contribution in [0.4, 0.5) is 0 Å². The van der Waals surface area contributed by atoms with E-state index in [1.165, 1.54) is 0 Å². The minimum absolute atomic E-state index is 0.154. The Balaban J connectivity index is 2.55. The summed E-state index contributed by atoms with van der Waals surface area (Å²) in [4.78, 5) is 14.4. The lowest BCUT2D eigenvalue weighted by molar-refractivity contribution is 0.0956. The Morgan fingerprint density at radius 1 is 1.10 bits per heavy atom. The number of unbranched alkanes of at least 4 members (excludes halogenated alkanes) is 1. The van der Waals surface area contributed by atoms with Crippen LogP contribution in [0.2, 0.25) is 0 Å². The largest absolute Gasteiger partial charge is 0.395 e. The van der Waals surface area contributed by atoms with Gasteiger partial charge in [0.2, 0.25) is 0 Å². The molecular weight excluding hydrogens is 250 g/mol. The third kappa shape index (κ3) is 5.85. The molecule has 0 fully saturated rings. The lowest BCUT2D eigenvalue weighted by Gasteiger charge is -2.20. The van der Waals surface area contributed by atoms with Crippen LogP contribution in [0.1, 0.15) is 47.7 Å². The highest BCUT2D eigenvalue weighted by Crippen LogP contribution is 2.11. The van der Waals surface area contributed by atoms with Crippen LogP contribution in [0, 0.1) is 13.8 Å². The first kappa shape index (κ1) is 16.9. The zero-order valence-corrected chi connectivity index (χ0v) is 13.0. The van der Waals surface area contributed by atoms with E-state index in [-0.39, 0.29) is 12.4 Å². The maximum absolute atomic E-state index is 12.2. The Morgan fingerprint density at radius 3 is 2.30 bits per heavy atom. The van der Waals surface area contributed by atoms with E-state index in [1.807, 2.05) is 26.0 Å². The van der Waals surface area contributed by atoms with E-state index in [1.54, 1.807) is 0 Å². The van der Waals surface area contributed by atoms with E-state index >= 15 is 0 Å². The van der Waals surface area contributed by atoms with Crippen LogP contribution >= 0.6 is 0 Å². The molecule has 0 radical (unpaired) electrons. The molecule has 1 aromatic rings. The molecule has 0 aliphatic carbocycles. The molecule has 0 aromatic heterocycles. The number of ketones is 1. The summed E-state index contributed by atoms with van der Waals surface area (Å²) < 4.78 is 0. The van der Waals surface area contributed by atoms with Crippen molar-refractivity contribution in [3.63, 3.8) is 0 Å². The van der Waals surface area contributed by atoms with Crippen LogP contribution in [0.5, 0.6) is 0 Å². The van der Waals surface area contributed by atoms with E-state index in [4.69, 9.17) is 5.11 Å². The molecule has 0 aliphatic heterocycles. The van der Waals surface area contributed by atoms with Gasteiger partial charge in [0.15, 0.2) is 5.78 Å². The van der Waals surface area contributed by atoms with Gasteiger partial charge in [-0.2, -0.15) is 0 Å². The Morgan fingerprint density at radius 2 is 1.75 bits per heavy atom. The predicted molar refractivity (Wildman–Crippen MR) is 83.3 cm³/mol. The van der Waals surface area contributed by atoms with E-state index in [0.717, 1.165) is 42.6 Å². The third-order valence-electron chi connectivity index (χ3n) is 3.44. The number of hydrogen-bond acceptors (Lipinski definition) is 3. The summed E-state index contributed by atoms with van der Waals surface area (Å²) in [6.45, 7) is 8.68. The summed E-state index contributed by atoms with van der Waals surface area (Å²) in [5, 5.41) is 9.06. The molecule has 3 nitrogen and oxygen atoms in total. The molecule has 0 bridgehead atoms. The van der Waals surface area contributed by atoms with Gasteiger partial charge < -0.3 is 10.0 Å². The van der Waals surface area contributed by atoms with Gasteiger partial charge in [-0.15, -0.1) is 0 Å². The van der Waals surface area contributed by atoms with Crippen molar-refractivity contribution in [3.05, 3.63) is 34.9 Å². The Hall–Kier alpha value is -1.19. The van der Waals surface area contributed by atoms with Gasteiger partial charge in [0.1, 0.15) is 0 Å². The van der Waals surface area contributed by atoms with Gasteiger partial charge in [-0.3, -0.25) is 4.79 Å². The fourth-order valence-electron chi connectivity index (χ4n) is 2.40. The molecule has 20 heavy (non-hydrogen) atoms. The minimum atomic E-state index is 0.154. The molecular formula is C17H27NO2. The normalized spacial score (nSPS) is 11.1. The first-order valence-electron chi connectivity index (χ1n) is 7.51. The molecule has 0 atom stereocenters. The van der Waals surface area contributed by atoms with Gasteiger partial charge in [-0.1, -0.05) is 30.5 Å². The number of carbonyl (C=O) groups is 1. The monoisotopic (exact) mass is 277 g/mol. The number of aliphatic hydroxyl groups excluding tert-OH is 1. The topological polar surface area (TPSA) is 40.5 Å². The maximum Gasteiger partial charge on any atom is 0.164 e. The number of rotatable bonds is 9. The van der Waals surface area contributed by atoms with Gasteiger partial charge in [0.25, 0.3) is 0 Å². The second-order valence-electron chi connectivity index (χ2n) is 5.47. The summed E-state index contributed by atoms with van der Waals surface area (Å²) >= 11 is 0. The number of aliphatic hydroxyl groups is 1. The second-order valence-corrected chi connectivity index (χ2v) is 5.47. The lowest BCUT2D eigenvalue weighted by atomic mass is 10.0. The van der Waals surface area contributed by atoms with Crippen molar-refractivity contribution in [3.8, 4) is 0 Å². The van der Waals surface area contributed by atoms with Crippen molar-refractivity contribution in [1.82, 2.24) is 4.90 Å². The standard InChI is InChI=1S/C17H27NO2/c1-4-5-7-18(9-10-19)8-6-17(20)16-12-14(2)11-15(3)13-16/h11-13,19H,4-10H2,1-3H3. The second kappa shape index (κ2) is 8.88. The fraction of sp³-hybridized carbons (Fsp3) is 0.588. The van der Waals surface area contributed by atoms with Gasteiger partial charge >= 0.3 is 0 Å². The number of aryl methyl sites for hydroxylation is 2. The van der Waals surface area contributed by atoms with Crippen LogP contribution in [0.25, 0.3) is 0 Å². The molecule has 1 aromatic carbocycles.